The molecule has 0 aromatic heterocycles. The fourth-order valence-electron chi connectivity index (χ4n) is 3.45. The molecule has 180 valence electrons. The molecule has 0 unspecified atom stereocenters. The Morgan fingerprint density at radius 3 is 2.51 bits per heavy atom. The predicted octanol–water partition coefficient (Wildman–Crippen LogP) is 7.88. The van der Waals surface area contributed by atoms with Crippen molar-refractivity contribution in [2.24, 2.45) is 4.99 Å². The molecule has 7 heteroatoms. The highest BCUT2D eigenvalue weighted by atomic mass is 79.9. The Labute approximate surface area is 218 Å². The molecule has 0 bridgehead atoms. The van der Waals surface area contributed by atoms with E-state index in [2.05, 4.69) is 22.9 Å². The molecular formula is C28H26BrFN2O2S. The number of amides is 1. The van der Waals surface area contributed by atoms with Crippen LogP contribution in [-0.4, -0.2) is 22.5 Å². The minimum atomic E-state index is -0.271. The lowest BCUT2D eigenvalue weighted by Crippen LogP contribution is -2.30. The maximum atomic E-state index is 13.2. The van der Waals surface area contributed by atoms with E-state index in [-0.39, 0.29) is 11.7 Å². The van der Waals surface area contributed by atoms with E-state index in [1.54, 1.807) is 17.0 Å². The van der Waals surface area contributed by atoms with Crippen molar-refractivity contribution in [2.75, 3.05) is 6.54 Å². The summed E-state index contributed by atoms with van der Waals surface area (Å²) in [5.74, 6) is 0.377. The summed E-state index contributed by atoms with van der Waals surface area (Å²) in [6.07, 6.45) is 3.80. The van der Waals surface area contributed by atoms with Gasteiger partial charge >= 0.3 is 0 Å². The number of ether oxygens (including phenoxy) is 1. The standard InChI is InChI=1S/C28H26BrFN2O2S/c1-3-4-15-32-27(33)26(35-28(32)31-23-12-5-19(2)6-13-23)17-21-9-14-25(24(29)16-21)34-18-20-7-10-22(30)11-8-20/h5-14,16-17H,3-4,15,18H2,1-2H3/b26-17+,31-28?. The number of rotatable bonds is 8. The molecule has 1 fully saturated rings. The van der Waals surface area contributed by atoms with Crippen molar-refractivity contribution in [1.29, 1.82) is 0 Å². The first kappa shape index (κ1) is 25.2. The number of unbranched alkanes of at least 4 members (excludes halogenated alkanes) is 1. The van der Waals surface area contributed by atoms with Crippen molar-refractivity contribution >= 4 is 50.5 Å². The van der Waals surface area contributed by atoms with E-state index in [9.17, 15) is 9.18 Å². The molecular weight excluding hydrogens is 527 g/mol. The first-order valence-corrected chi connectivity index (χ1v) is 13.1. The van der Waals surface area contributed by atoms with Gasteiger partial charge in [0.05, 0.1) is 15.1 Å². The second-order valence-electron chi connectivity index (χ2n) is 8.26. The van der Waals surface area contributed by atoms with E-state index < -0.39 is 0 Å². The number of benzene rings is 3. The molecule has 0 saturated carbocycles. The topological polar surface area (TPSA) is 41.9 Å². The van der Waals surface area contributed by atoms with Crippen LogP contribution < -0.4 is 4.74 Å². The minimum Gasteiger partial charge on any atom is -0.488 e. The molecule has 35 heavy (non-hydrogen) atoms. The average Bonchev–Trinajstić information content (AvgIpc) is 3.13. The maximum Gasteiger partial charge on any atom is 0.266 e. The van der Waals surface area contributed by atoms with Gasteiger partial charge in [0.25, 0.3) is 5.91 Å². The lowest BCUT2D eigenvalue weighted by Gasteiger charge is -2.14. The van der Waals surface area contributed by atoms with E-state index in [0.717, 1.165) is 34.1 Å². The lowest BCUT2D eigenvalue weighted by atomic mass is 10.2. The third-order valence-corrected chi connectivity index (χ3v) is 7.07. The third-order valence-electron chi connectivity index (χ3n) is 5.44. The van der Waals surface area contributed by atoms with Crippen LogP contribution in [0.25, 0.3) is 6.08 Å². The van der Waals surface area contributed by atoms with Gasteiger partial charge in [-0.15, -0.1) is 0 Å². The van der Waals surface area contributed by atoms with E-state index in [1.807, 2.05) is 55.5 Å². The number of aliphatic imine (C=N–C) groups is 1. The average molecular weight is 553 g/mol. The zero-order valence-electron chi connectivity index (χ0n) is 19.6. The summed E-state index contributed by atoms with van der Waals surface area (Å²) in [5, 5.41) is 0.705. The summed E-state index contributed by atoms with van der Waals surface area (Å²) in [5.41, 5.74) is 3.76. The highest BCUT2D eigenvalue weighted by Crippen LogP contribution is 2.35. The summed E-state index contributed by atoms with van der Waals surface area (Å²) in [6, 6.07) is 19.9. The van der Waals surface area contributed by atoms with Crippen LogP contribution in [0.3, 0.4) is 0 Å². The van der Waals surface area contributed by atoms with Gasteiger partial charge in [-0.3, -0.25) is 9.69 Å². The number of carbonyl (C=O) groups excluding carboxylic acids is 1. The fraction of sp³-hybridized carbons (Fsp3) is 0.214. The largest absolute Gasteiger partial charge is 0.488 e. The van der Waals surface area contributed by atoms with Gasteiger partial charge in [0, 0.05) is 6.54 Å². The monoisotopic (exact) mass is 552 g/mol. The van der Waals surface area contributed by atoms with Crippen molar-refractivity contribution in [3.05, 3.63) is 98.6 Å². The van der Waals surface area contributed by atoms with Crippen molar-refractivity contribution in [2.45, 2.75) is 33.3 Å². The molecule has 3 aromatic carbocycles. The number of amidine groups is 1. The molecule has 0 aliphatic carbocycles. The molecule has 1 amide bonds. The zero-order valence-corrected chi connectivity index (χ0v) is 22.0. The van der Waals surface area contributed by atoms with E-state index in [0.29, 0.717) is 29.0 Å². The Kier molecular flexibility index (Phi) is 8.42. The first-order chi connectivity index (χ1) is 16.9. The fourth-order valence-corrected chi connectivity index (χ4v) is 4.99. The molecule has 1 aliphatic rings. The van der Waals surface area contributed by atoms with Crippen molar-refractivity contribution in [3.8, 4) is 5.75 Å². The van der Waals surface area contributed by atoms with Gasteiger partial charge in [0.2, 0.25) is 0 Å². The van der Waals surface area contributed by atoms with Crippen LogP contribution in [0.1, 0.15) is 36.5 Å². The van der Waals surface area contributed by atoms with Crippen molar-refractivity contribution in [3.63, 3.8) is 0 Å². The number of aryl methyl sites for hydroxylation is 1. The second kappa shape index (κ2) is 11.7. The van der Waals surface area contributed by atoms with Gasteiger partial charge in [0.1, 0.15) is 18.2 Å². The second-order valence-corrected chi connectivity index (χ2v) is 10.1. The summed E-state index contributed by atoms with van der Waals surface area (Å²) in [4.78, 5) is 20.4. The summed E-state index contributed by atoms with van der Waals surface area (Å²) in [6.45, 7) is 5.12. The minimum absolute atomic E-state index is 0.0259. The van der Waals surface area contributed by atoms with Crippen LogP contribution in [0.2, 0.25) is 0 Å². The van der Waals surface area contributed by atoms with Crippen LogP contribution in [0.15, 0.2) is 81.1 Å². The molecule has 1 aliphatic heterocycles. The molecule has 4 nitrogen and oxygen atoms in total. The number of nitrogens with zero attached hydrogens (tertiary/aromatic N) is 2. The molecule has 1 saturated heterocycles. The molecule has 0 N–H and O–H groups in total. The van der Waals surface area contributed by atoms with Gasteiger partial charge < -0.3 is 4.74 Å². The van der Waals surface area contributed by atoms with Crippen molar-refractivity contribution in [1.82, 2.24) is 4.90 Å². The van der Waals surface area contributed by atoms with Crippen molar-refractivity contribution < 1.29 is 13.9 Å². The lowest BCUT2D eigenvalue weighted by molar-refractivity contribution is -0.122. The van der Waals surface area contributed by atoms with E-state index >= 15 is 0 Å². The predicted molar refractivity (Wildman–Crippen MR) is 145 cm³/mol. The van der Waals surface area contributed by atoms with Gasteiger partial charge in [0.15, 0.2) is 5.17 Å². The Morgan fingerprint density at radius 2 is 1.83 bits per heavy atom. The summed E-state index contributed by atoms with van der Waals surface area (Å²) < 4.78 is 19.7. The smallest absolute Gasteiger partial charge is 0.266 e. The number of hydrogen-bond acceptors (Lipinski definition) is 4. The quantitative estimate of drug-likeness (QED) is 0.267. The van der Waals surface area contributed by atoms with Crippen LogP contribution in [-0.2, 0) is 11.4 Å². The van der Waals surface area contributed by atoms with Crippen LogP contribution in [0.4, 0.5) is 10.1 Å². The highest BCUT2D eigenvalue weighted by molar-refractivity contribution is 9.10. The van der Waals surface area contributed by atoms with E-state index in [4.69, 9.17) is 9.73 Å². The molecule has 0 atom stereocenters. The van der Waals surface area contributed by atoms with Gasteiger partial charge in [-0.25, -0.2) is 9.38 Å². The van der Waals surface area contributed by atoms with Gasteiger partial charge in [-0.1, -0.05) is 49.2 Å². The third kappa shape index (κ3) is 6.61. The first-order valence-electron chi connectivity index (χ1n) is 11.5. The molecule has 0 spiro atoms. The Balaban J connectivity index is 1.52. The highest BCUT2D eigenvalue weighted by Gasteiger charge is 2.33. The Morgan fingerprint density at radius 1 is 1.09 bits per heavy atom. The molecule has 3 aromatic rings. The number of carbonyl (C=O) groups is 1. The molecule has 0 radical (unpaired) electrons. The van der Waals surface area contributed by atoms with Crippen LogP contribution >= 0.6 is 27.7 Å². The van der Waals surface area contributed by atoms with Gasteiger partial charge in [-0.2, -0.15) is 0 Å². The summed E-state index contributed by atoms with van der Waals surface area (Å²) >= 11 is 4.96. The van der Waals surface area contributed by atoms with Gasteiger partial charge in [-0.05, 0) is 94.6 Å². The molecule has 4 rings (SSSR count). The van der Waals surface area contributed by atoms with E-state index in [1.165, 1.54) is 29.5 Å². The summed E-state index contributed by atoms with van der Waals surface area (Å²) in [7, 11) is 0. The van der Waals surface area contributed by atoms with Crippen LogP contribution in [0.5, 0.6) is 5.75 Å². The number of halogens is 2. The Bertz CT molecular complexity index is 1260. The normalized spacial score (nSPS) is 15.9. The zero-order chi connectivity index (χ0) is 24.8. The number of hydrogen-bond donors (Lipinski definition) is 0. The Hall–Kier alpha value is -2.90. The number of thioether (sulfide) groups is 1. The maximum absolute atomic E-state index is 13.2. The molecule has 1 heterocycles. The van der Waals surface area contributed by atoms with Crippen LogP contribution in [0, 0.1) is 12.7 Å². The SMILES string of the molecule is CCCCN1C(=O)/C(=C\c2ccc(OCc3ccc(F)cc3)c(Br)c2)SC1=Nc1ccc(C)cc1.